The summed E-state index contributed by atoms with van der Waals surface area (Å²) in [4.78, 5) is 27.8. The van der Waals surface area contributed by atoms with Crippen LogP contribution < -0.4 is 10.6 Å². The fraction of sp³-hybridized carbons (Fsp3) is 0.792. The van der Waals surface area contributed by atoms with Crippen LogP contribution in [0.4, 0.5) is 4.79 Å². The highest BCUT2D eigenvalue weighted by molar-refractivity contribution is 7.87. The number of urea groups is 1. The molecule has 3 atom stereocenters. The van der Waals surface area contributed by atoms with Crippen molar-refractivity contribution in [2.75, 3.05) is 6.54 Å². The fourth-order valence-electron chi connectivity index (χ4n) is 6.07. The number of nitrogens with zero attached hydrogens (tertiary/aromatic N) is 2. The molecule has 10 heteroatoms. The van der Waals surface area contributed by atoms with Gasteiger partial charge in [-0.1, -0.05) is 31.8 Å². The predicted octanol–water partition coefficient (Wildman–Crippen LogP) is 3.12. The molecule has 0 radical (unpaired) electrons. The number of Topliss-reactive ketones (excluding diaryl/α,β-unsaturated/α-hetero) is 1. The van der Waals surface area contributed by atoms with Crippen LogP contribution >= 0.6 is 0 Å². The maximum Gasteiger partial charge on any atom is 0.357 e. The van der Waals surface area contributed by atoms with Crippen molar-refractivity contribution >= 4 is 27.6 Å². The lowest BCUT2D eigenvalue weighted by atomic mass is 9.72. The molecular formula is C24H36N4O5S. The molecule has 2 N–H and O–H groups in total. The topological polar surface area (TPSA) is 138 Å². The number of hydrogen-bond acceptors (Lipinski definition) is 5. The van der Waals surface area contributed by atoms with Crippen LogP contribution in [0, 0.1) is 17.8 Å². The van der Waals surface area contributed by atoms with Crippen LogP contribution in [0.5, 0.6) is 0 Å². The number of carbonyl (C=O) groups excluding carboxylic acids is 2. The Bertz CT molecular complexity index is 944. The summed E-state index contributed by atoms with van der Waals surface area (Å²) in [5.41, 5.74) is 8.98. The molecule has 0 aliphatic heterocycles. The fourth-order valence-corrected chi connectivity index (χ4v) is 7.90. The molecule has 9 nitrogen and oxygen atoms in total. The van der Waals surface area contributed by atoms with E-state index in [9.17, 15) is 18.0 Å². The smallest absolute Gasteiger partial charge is 0.357 e. The van der Waals surface area contributed by atoms with Crippen molar-refractivity contribution in [3.63, 3.8) is 0 Å². The molecule has 0 saturated heterocycles. The van der Waals surface area contributed by atoms with Gasteiger partial charge in [0.1, 0.15) is 0 Å². The first kappa shape index (κ1) is 25.1. The van der Waals surface area contributed by atoms with Gasteiger partial charge in [0.25, 0.3) is 10.1 Å². The second-order valence-corrected chi connectivity index (χ2v) is 12.1. The number of allylic oxidation sites excluding steroid dienone is 2. The Kier molecular flexibility index (Phi) is 8.22. The van der Waals surface area contributed by atoms with Crippen molar-refractivity contribution in [1.29, 1.82) is 0 Å². The summed E-state index contributed by atoms with van der Waals surface area (Å²) in [7, 11) is -3.87. The van der Waals surface area contributed by atoms with Gasteiger partial charge in [-0.3, -0.25) is 8.98 Å². The van der Waals surface area contributed by atoms with Crippen molar-refractivity contribution in [2.45, 2.75) is 94.4 Å². The van der Waals surface area contributed by atoms with E-state index in [1.165, 1.54) is 38.2 Å². The van der Waals surface area contributed by atoms with Crippen LogP contribution in [0.2, 0.25) is 0 Å². The van der Waals surface area contributed by atoms with Crippen LogP contribution in [0.15, 0.2) is 12.2 Å². The van der Waals surface area contributed by atoms with Crippen molar-refractivity contribution in [1.82, 2.24) is 10.6 Å². The minimum absolute atomic E-state index is 0.0167. The third-order valence-corrected chi connectivity index (χ3v) is 9.83. The van der Waals surface area contributed by atoms with Crippen LogP contribution in [0.25, 0.3) is 5.53 Å². The predicted molar refractivity (Wildman–Crippen MR) is 127 cm³/mol. The summed E-state index contributed by atoms with van der Waals surface area (Å²) in [6.45, 7) is 0.717. The Hall–Kier alpha value is -2.03. The molecule has 4 aliphatic rings. The number of fused-ring (bicyclic) bond motifs is 1. The molecule has 0 spiro atoms. The van der Waals surface area contributed by atoms with Gasteiger partial charge in [0.05, 0.1) is 11.4 Å². The van der Waals surface area contributed by atoms with E-state index in [0.717, 1.165) is 0 Å². The van der Waals surface area contributed by atoms with Crippen molar-refractivity contribution in [3.05, 3.63) is 17.7 Å². The van der Waals surface area contributed by atoms with E-state index in [4.69, 9.17) is 9.71 Å². The van der Waals surface area contributed by atoms with Gasteiger partial charge in [-0.2, -0.15) is 13.2 Å². The molecule has 0 aromatic carbocycles. The quantitative estimate of drug-likeness (QED) is 0.333. The third kappa shape index (κ3) is 5.96. The maximum absolute atomic E-state index is 13.1. The van der Waals surface area contributed by atoms with Gasteiger partial charge >= 0.3 is 11.7 Å². The van der Waals surface area contributed by atoms with Crippen molar-refractivity contribution < 1.29 is 27.0 Å². The van der Waals surface area contributed by atoms with E-state index < -0.39 is 33.3 Å². The molecule has 188 valence electrons. The standard InChI is InChI=1S/C24H36N4O5S/c25-28-21-14-13-19-20(23(21)29)7-4-8-22(19)34(31,32)33-18-11-9-17(10-12-18)27-24(30)26-15-16-5-2-1-3-6-16/h13-14,16-20,22H,1-12,15H2,(H2,26,27,30). The lowest BCUT2D eigenvalue weighted by Gasteiger charge is -2.36. The minimum atomic E-state index is -3.87. The zero-order valence-electron chi connectivity index (χ0n) is 19.7. The highest BCUT2D eigenvalue weighted by Gasteiger charge is 2.48. The molecule has 0 heterocycles. The van der Waals surface area contributed by atoms with E-state index >= 15 is 0 Å². The molecule has 3 fully saturated rings. The summed E-state index contributed by atoms with van der Waals surface area (Å²) in [6.07, 6.45) is 12.9. The van der Waals surface area contributed by atoms with E-state index in [2.05, 4.69) is 15.4 Å². The molecule has 4 aliphatic carbocycles. The molecule has 2 amide bonds. The highest BCUT2D eigenvalue weighted by Crippen LogP contribution is 2.39. The van der Waals surface area contributed by atoms with E-state index in [0.29, 0.717) is 57.4 Å². The Balaban J connectivity index is 1.25. The third-order valence-electron chi connectivity index (χ3n) is 8.00. The second kappa shape index (κ2) is 11.1. The molecule has 34 heavy (non-hydrogen) atoms. The summed E-state index contributed by atoms with van der Waals surface area (Å²) >= 11 is 0. The summed E-state index contributed by atoms with van der Waals surface area (Å²) in [5, 5.41) is 5.25. The number of amides is 2. The largest absolute Gasteiger partial charge is 0.361 e. The van der Waals surface area contributed by atoms with E-state index in [1.54, 1.807) is 6.08 Å². The van der Waals surface area contributed by atoms with Crippen LogP contribution in [-0.4, -0.2) is 54.7 Å². The first-order valence-electron chi connectivity index (χ1n) is 12.8. The zero-order chi connectivity index (χ0) is 24.1. The van der Waals surface area contributed by atoms with Crippen molar-refractivity contribution in [3.8, 4) is 0 Å². The molecule has 0 bridgehead atoms. The molecule has 4 rings (SSSR count). The Morgan fingerprint density at radius 1 is 1.03 bits per heavy atom. The zero-order valence-corrected chi connectivity index (χ0v) is 20.5. The Morgan fingerprint density at radius 3 is 2.47 bits per heavy atom. The highest BCUT2D eigenvalue weighted by atomic mass is 32.2. The van der Waals surface area contributed by atoms with Crippen LogP contribution in [-0.2, 0) is 19.1 Å². The number of ketones is 1. The monoisotopic (exact) mass is 492 g/mol. The lowest BCUT2D eigenvalue weighted by Crippen LogP contribution is -2.47. The van der Waals surface area contributed by atoms with Gasteiger partial charge in [-0.05, 0) is 57.3 Å². The Morgan fingerprint density at radius 2 is 1.76 bits per heavy atom. The van der Waals surface area contributed by atoms with Crippen molar-refractivity contribution in [2.24, 2.45) is 17.8 Å². The molecular weight excluding hydrogens is 456 g/mol. The first-order chi connectivity index (χ1) is 16.4. The second-order valence-electron chi connectivity index (χ2n) is 10.3. The van der Waals surface area contributed by atoms with Gasteiger partial charge in [0.2, 0.25) is 5.78 Å². The molecule has 0 aromatic rings. The lowest BCUT2D eigenvalue weighted by molar-refractivity contribution is -0.122. The van der Waals surface area contributed by atoms with Gasteiger partial charge in [-0.15, -0.1) is 0 Å². The molecule has 3 unspecified atom stereocenters. The number of hydrogen-bond donors (Lipinski definition) is 2. The number of nitrogens with one attached hydrogen (secondary N) is 2. The average Bonchev–Trinajstić information content (AvgIpc) is 2.84. The summed E-state index contributed by atoms with van der Waals surface area (Å²) in [6, 6.07) is -0.126. The summed E-state index contributed by atoms with van der Waals surface area (Å²) in [5.74, 6) is -0.670. The Labute approximate surface area is 201 Å². The minimum Gasteiger partial charge on any atom is -0.361 e. The normalized spacial score (nSPS) is 32.5. The van der Waals surface area contributed by atoms with Crippen LogP contribution in [0.3, 0.4) is 0 Å². The van der Waals surface area contributed by atoms with Gasteiger partial charge in [0.15, 0.2) is 0 Å². The summed E-state index contributed by atoms with van der Waals surface area (Å²) < 4.78 is 31.9. The van der Waals surface area contributed by atoms with E-state index in [1.807, 2.05) is 0 Å². The van der Waals surface area contributed by atoms with Crippen LogP contribution in [0.1, 0.15) is 77.0 Å². The van der Waals surface area contributed by atoms with E-state index in [-0.39, 0.29) is 23.6 Å². The molecule has 0 aromatic heterocycles. The van der Waals surface area contributed by atoms with Gasteiger partial charge in [-0.25, -0.2) is 4.79 Å². The number of carbonyl (C=O) groups is 2. The molecule has 3 saturated carbocycles. The number of rotatable bonds is 6. The first-order valence-corrected chi connectivity index (χ1v) is 14.3. The SMILES string of the molecule is [N-]=[N+]=C1C=CC2C(CCCC2S(=O)(=O)OC2CCC(NC(=O)NCC3CCCCC3)CC2)C1=O. The maximum atomic E-state index is 13.1. The van der Waals surface area contributed by atoms with Gasteiger partial charge < -0.3 is 16.2 Å². The average molecular weight is 493 g/mol. The van der Waals surface area contributed by atoms with Gasteiger partial charge in [0, 0.05) is 30.5 Å².